The third-order valence-electron chi connectivity index (χ3n) is 5.14. The van der Waals surface area contributed by atoms with Gasteiger partial charge in [-0.05, 0) is 55.2 Å². The predicted molar refractivity (Wildman–Crippen MR) is 93.4 cm³/mol. The molecule has 0 atom stereocenters. The number of hydrogen-bond donors (Lipinski definition) is 0. The van der Waals surface area contributed by atoms with Gasteiger partial charge in [0.05, 0.1) is 6.07 Å². The third-order valence-corrected chi connectivity index (χ3v) is 5.14. The van der Waals surface area contributed by atoms with E-state index in [1.165, 1.54) is 56.9 Å². The second kappa shape index (κ2) is 10.2. The van der Waals surface area contributed by atoms with E-state index in [1.54, 1.807) is 18.2 Å². The van der Waals surface area contributed by atoms with E-state index in [9.17, 15) is 4.39 Å². The van der Waals surface area contributed by atoms with Crippen LogP contribution in [-0.2, 0) is 6.42 Å². The van der Waals surface area contributed by atoms with E-state index in [4.69, 9.17) is 5.26 Å². The van der Waals surface area contributed by atoms with Crippen LogP contribution in [-0.4, -0.2) is 0 Å². The molecule has 0 bridgehead atoms. The zero-order valence-corrected chi connectivity index (χ0v) is 14.0. The second-order valence-electron chi connectivity index (χ2n) is 6.87. The van der Waals surface area contributed by atoms with Gasteiger partial charge in [0, 0.05) is 6.08 Å². The van der Waals surface area contributed by atoms with Crippen LogP contribution in [0.4, 0.5) is 4.39 Å². The zero-order chi connectivity index (χ0) is 16.3. The highest BCUT2D eigenvalue weighted by atomic mass is 19.1. The molecular formula is C21H28FN. The maximum absolute atomic E-state index is 12.8. The van der Waals surface area contributed by atoms with E-state index in [0.717, 1.165) is 24.7 Å². The van der Waals surface area contributed by atoms with Crippen LogP contribution in [0, 0.1) is 29.0 Å². The number of nitriles is 1. The summed E-state index contributed by atoms with van der Waals surface area (Å²) < 4.78 is 12.8. The lowest BCUT2D eigenvalue weighted by Gasteiger charge is -2.28. The van der Waals surface area contributed by atoms with Crippen molar-refractivity contribution in [2.24, 2.45) is 11.8 Å². The van der Waals surface area contributed by atoms with Gasteiger partial charge in [0.2, 0.25) is 0 Å². The molecule has 0 aliphatic heterocycles. The van der Waals surface area contributed by atoms with Crippen molar-refractivity contribution in [2.45, 2.75) is 64.2 Å². The third kappa shape index (κ3) is 6.99. The topological polar surface area (TPSA) is 23.8 Å². The molecule has 0 heterocycles. The quantitative estimate of drug-likeness (QED) is 0.414. The van der Waals surface area contributed by atoms with Crippen molar-refractivity contribution >= 4 is 0 Å². The molecule has 0 spiro atoms. The normalized spacial score (nSPS) is 21.4. The molecule has 2 heteroatoms. The number of nitrogens with zero attached hydrogens (tertiary/aromatic N) is 1. The zero-order valence-electron chi connectivity index (χ0n) is 14.0. The Morgan fingerprint density at radius 2 is 1.65 bits per heavy atom. The summed E-state index contributed by atoms with van der Waals surface area (Å²) in [6, 6.07) is 8.98. The summed E-state index contributed by atoms with van der Waals surface area (Å²) >= 11 is 0. The van der Waals surface area contributed by atoms with Gasteiger partial charge in [0.1, 0.15) is 5.82 Å². The Bertz CT molecular complexity index is 504. The van der Waals surface area contributed by atoms with Gasteiger partial charge >= 0.3 is 0 Å². The Hall–Kier alpha value is -1.62. The number of unbranched alkanes of at least 4 members (excludes halogenated alkanes) is 1. The van der Waals surface area contributed by atoms with Crippen molar-refractivity contribution in [2.75, 3.05) is 0 Å². The molecule has 23 heavy (non-hydrogen) atoms. The Kier molecular flexibility index (Phi) is 7.87. The van der Waals surface area contributed by atoms with E-state index < -0.39 is 0 Å². The molecule has 0 amide bonds. The molecule has 2 rings (SSSR count). The summed E-state index contributed by atoms with van der Waals surface area (Å²) in [7, 11) is 0. The number of halogens is 1. The molecule has 0 unspecified atom stereocenters. The van der Waals surface area contributed by atoms with Crippen molar-refractivity contribution in [3.8, 4) is 6.07 Å². The summed E-state index contributed by atoms with van der Waals surface area (Å²) in [4.78, 5) is 0. The summed E-state index contributed by atoms with van der Waals surface area (Å²) in [5.41, 5.74) is 1.25. The first-order valence-electron chi connectivity index (χ1n) is 9.07. The first-order chi connectivity index (χ1) is 11.3. The maximum atomic E-state index is 12.8. The lowest BCUT2D eigenvalue weighted by Crippen LogP contribution is -2.14. The van der Waals surface area contributed by atoms with Gasteiger partial charge in [-0.15, -0.1) is 0 Å². The minimum absolute atomic E-state index is 0.145. The van der Waals surface area contributed by atoms with Crippen molar-refractivity contribution < 1.29 is 4.39 Å². The molecular weight excluding hydrogens is 285 g/mol. The van der Waals surface area contributed by atoms with E-state index >= 15 is 0 Å². The summed E-state index contributed by atoms with van der Waals surface area (Å²) in [6.07, 6.45) is 16.3. The monoisotopic (exact) mass is 313 g/mol. The molecule has 0 saturated heterocycles. The Morgan fingerprint density at radius 1 is 1.00 bits per heavy atom. The van der Waals surface area contributed by atoms with Gasteiger partial charge in [-0.25, -0.2) is 4.39 Å². The Labute approximate surface area is 140 Å². The van der Waals surface area contributed by atoms with Crippen LogP contribution in [0.15, 0.2) is 36.4 Å². The highest BCUT2D eigenvalue weighted by Gasteiger charge is 2.20. The molecule has 1 aliphatic carbocycles. The molecule has 0 N–H and O–H groups in total. The number of aryl methyl sites for hydroxylation is 1. The number of allylic oxidation sites excluding steroid dienone is 2. The second-order valence-corrected chi connectivity index (χ2v) is 6.87. The van der Waals surface area contributed by atoms with E-state index in [2.05, 4.69) is 6.07 Å². The van der Waals surface area contributed by atoms with E-state index in [-0.39, 0.29) is 5.82 Å². The standard InChI is InChI=1S/C21H28FN/c22-21-15-13-20(14-16-21)8-4-3-7-19-11-9-18(10-12-19)6-2-1-5-17-23/h1,5,13-16,18-19H,2-4,6-12H2/b5-1+. The minimum atomic E-state index is -0.145. The summed E-state index contributed by atoms with van der Waals surface area (Å²) in [5.74, 6) is 1.64. The smallest absolute Gasteiger partial charge is 0.123 e. The highest BCUT2D eigenvalue weighted by Crippen LogP contribution is 2.34. The fourth-order valence-corrected chi connectivity index (χ4v) is 3.69. The largest absolute Gasteiger partial charge is 0.207 e. The first kappa shape index (κ1) is 17.7. The highest BCUT2D eigenvalue weighted by molar-refractivity contribution is 5.15. The Morgan fingerprint density at radius 3 is 2.30 bits per heavy atom. The van der Waals surface area contributed by atoms with Crippen molar-refractivity contribution in [1.82, 2.24) is 0 Å². The summed E-state index contributed by atoms with van der Waals surface area (Å²) in [5, 5.41) is 8.47. The van der Waals surface area contributed by atoms with Crippen LogP contribution in [0.5, 0.6) is 0 Å². The van der Waals surface area contributed by atoms with Gasteiger partial charge in [-0.2, -0.15) is 5.26 Å². The molecule has 124 valence electrons. The van der Waals surface area contributed by atoms with Crippen LogP contribution in [0.25, 0.3) is 0 Å². The van der Waals surface area contributed by atoms with Crippen LogP contribution in [0.1, 0.15) is 63.4 Å². The molecule has 0 aromatic heterocycles. The first-order valence-corrected chi connectivity index (χ1v) is 9.07. The molecule has 1 aromatic carbocycles. The predicted octanol–water partition coefficient (Wildman–Crippen LogP) is 6.20. The molecule has 1 fully saturated rings. The fourth-order valence-electron chi connectivity index (χ4n) is 3.69. The molecule has 1 aliphatic rings. The SMILES string of the molecule is N#C/C=C/CCC1CCC(CCCCc2ccc(F)cc2)CC1. The van der Waals surface area contributed by atoms with Crippen LogP contribution >= 0.6 is 0 Å². The Balaban J connectivity index is 1.53. The molecule has 1 aromatic rings. The molecule has 0 radical (unpaired) electrons. The van der Waals surface area contributed by atoms with Crippen molar-refractivity contribution in [3.05, 3.63) is 47.8 Å². The minimum Gasteiger partial charge on any atom is -0.207 e. The lowest BCUT2D eigenvalue weighted by molar-refractivity contribution is 0.250. The average Bonchev–Trinajstić information content (AvgIpc) is 2.58. The van der Waals surface area contributed by atoms with Gasteiger partial charge in [-0.3, -0.25) is 0 Å². The maximum Gasteiger partial charge on any atom is 0.123 e. The lowest BCUT2D eigenvalue weighted by atomic mass is 9.78. The van der Waals surface area contributed by atoms with E-state index in [1.807, 2.05) is 18.2 Å². The summed E-state index contributed by atoms with van der Waals surface area (Å²) in [6.45, 7) is 0. The number of benzene rings is 1. The van der Waals surface area contributed by atoms with Gasteiger partial charge < -0.3 is 0 Å². The van der Waals surface area contributed by atoms with Crippen LogP contribution in [0.2, 0.25) is 0 Å². The number of rotatable bonds is 8. The van der Waals surface area contributed by atoms with Gasteiger partial charge in [0.15, 0.2) is 0 Å². The van der Waals surface area contributed by atoms with Gasteiger partial charge in [0.25, 0.3) is 0 Å². The van der Waals surface area contributed by atoms with Gasteiger partial charge in [-0.1, -0.05) is 56.7 Å². The van der Waals surface area contributed by atoms with Crippen molar-refractivity contribution in [3.63, 3.8) is 0 Å². The fraction of sp³-hybridized carbons (Fsp3) is 0.571. The van der Waals surface area contributed by atoms with E-state index in [0.29, 0.717) is 0 Å². The molecule has 1 nitrogen and oxygen atoms in total. The van der Waals surface area contributed by atoms with Crippen molar-refractivity contribution in [1.29, 1.82) is 5.26 Å². The molecule has 1 saturated carbocycles. The van der Waals surface area contributed by atoms with Crippen LogP contribution in [0.3, 0.4) is 0 Å². The van der Waals surface area contributed by atoms with Crippen LogP contribution < -0.4 is 0 Å². The number of hydrogen-bond acceptors (Lipinski definition) is 1. The average molecular weight is 313 g/mol.